The minimum Gasteiger partial charge on any atom is -1.00 e. The van der Waals surface area contributed by atoms with Crippen LogP contribution in [0, 0.1) is 0 Å². The fourth-order valence-corrected chi connectivity index (χ4v) is 0.398. The van der Waals surface area contributed by atoms with Crippen molar-refractivity contribution in [1.82, 2.24) is 0 Å². The molecule has 0 aromatic heterocycles. The largest absolute Gasteiger partial charge is 1.00 e. The van der Waals surface area contributed by atoms with E-state index in [4.69, 9.17) is 0 Å². The number of rotatable bonds is 2. The fraction of sp³-hybridized carbons (Fsp3) is 0.333. The Morgan fingerprint density at radius 3 is 2.00 bits per heavy atom. The van der Waals surface area contributed by atoms with Crippen LogP contribution in [0.5, 0.6) is 0 Å². The van der Waals surface area contributed by atoms with Gasteiger partial charge in [0, 0.05) is 0 Å². The van der Waals surface area contributed by atoms with Gasteiger partial charge >= 0.3 is 55.3 Å². The van der Waals surface area contributed by atoms with E-state index in [0.29, 0.717) is 4.39 Å². The molecule has 0 aromatic rings. The molecule has 0 saturated carbocycles. The quantitative estimate of drug-likeness (QED) is 0.351. The van der Waals surface area contributed by atoms with Crippen LogP contribution in [0.4, 0.5) is 0 Å². The minimum absolute atomic E-state index is 0. The van der Waals surface area contributed by atoms with Crippen LogP contribution >= 0.6 is 0 Å². The molecule has 0 heterocycles. The molecule has 0 saturated heterocycles. The maximum absolute atomic E-state index is 3.53. The summed E-state index contributed by atoms with van der Waals surface area (Å²) in [6, 6.07) is 0. The molecule has 9 heavy (non-hydrogen) atoms. The Bertz CT molecular complexity index is 79.1. The standard InChI is InChI=1S/C6H9.2ClH.Pd/c1-3-5-6-4-2;;;/h3-6H,1H2,2H3;2*1H;/q;;;+2/p-2. The van der Waals surface area contributed by atoms with E-state index in [2.05, 4.69) is 32.7 Å². The van der Waals surface area contributed by atoms with Crippen molar-refractivity contribution in [3.05, 3.63) is 24.8 Å². The smallest absolute Gasteiger partial charge is 1.00 e. The van der Waals surface area contributed by atoms with Gasteiger partial charge in [0.1, 0.15) is 0 Å². The Kier molecular flexibility index (Phi) is 20.9. The molecule has 0 rings (SSSR count). The summed E-state index contributed by atoms with van der Waals surface area (Å²) in [6.45, 7) is 5.60. The monoisotopic (exact) mass is 257 g/mol. The molecule has 0 radical (unpaired) electrons. The van der Waals surface area contributed by atoms with Gasteiger partial charge < -0.3 is 24.8 Å². The summed E-state index contributed by atoms with van der Waals surface area (Å²) >= 11 is 3.10. The van der Waals surface area contributed by atoms with E-state index in [1.807, 2.05) is 12.2 Å². The average Bonchev–Trinajstić information content (AvgIpc) is 1.61. The molecule has 1 unspecified atom stereocenters. The zero-order chi connectivity index (χ0) is 5.70. The van der Waals surface area contributed by atoms with Gasteiger partial charge in [0.25, 0.3) is 0 Å². The third-order valence-electron chi connectivity index (χ3n) is 0.501. The van der Waals surface area contributed by atoms with Crippen LogP contribution in [-0.2, 0) is 19.2 Å². The van der Waals surface area contributed by atoms with Gasteiger partial charge in [-0.15, -0.1) is 0 Å². The van der Waals surface area contributed by atoms with Crippen molar-refractivity contribution in [2.75, 3.05) is 0 Å². The number of allylic oxidation sites excluding steroid dienone is 3. The normalized spacial score (nSPS) is 11.3. The van der Waals surface area contributed by atoms with E-state index >= 15 is 0 Å². The van der Waals surface area contributed by atoms with Gasteiger partial charge in [0.05, 0.1) is 0 Å². The third-order valence-corrected chi connectivity index (χ3v) is 0.800. The summed E-state index contributed by atoms with van der Waals surface area (Å²) < 4.78 is 0.501. The average molecular weight is 258 g/mol. The van der Waals surface area contributed by atoms with E-state index in [1.165, 1.54) is 0 Å². The van der Waals surface area contributed by atoms with E-state index in [9.17, 15) is 0 Å². The molecule has 0 fully saturated rings. The van der Waals surface area contributed by atoms with Crippen LogP contribution in [0.25, 0.3) is 0 Å². The summed E-state index contributed by atoms with van der Waals surface area (Å²) in [5.74, 6) is 0. The molecule has 0 nitrogen and oxygen atoms in total. The van der Waals surface area contributed by atoms with Crippen molar-refractivity contribution in [2.45, 2.75) is 11.3 Å². The Morgan fingerprint density at radius 2 is 1.89 bits per heavy atom. The van der Waals surface area contributed by atoms with Crippen LogP contribution < -0.4 is 24.8 Å². The van der Waals surface area contributed by atoms with Gasteiger partial charge in [0.15, 0.2) is 0 Å². The van der Waals surface area contributed by atoms with Crippen LogP contribution in [0.2, 0.25) is 4.39 Å². The Labute approximate surface area is 80.0 Å². The van der Waals surface area contributed by atoms with E-state index in [-0.39, 0.29) is 24.8 Å². The predicted molar refractivity (Wildman–Crippen MR) is 28.8 cm³/mol. The second kappa shape index (κ2) is 11.5. The molecule has 3 heteroatoms. The molecule has 0 spiro atoms. The Morgan fingerprint density at radius 1 is 1.44 bits per heavy atom. The van der Waals surface area contributed by atoms with Crippen LogP contribution in [0.3, 0.4) is 0 Å². The van der Waals surface area contributed by atoms with Gasteiger partial charge in [-0.1, -0.05) is 0 Å². The molecule has 1 atom stereocenters. The second-order valence-corrected chi connectivity index (χ2v) is 2.66. The van der Waals surface area contributed by atoms with E-state index < -0.39 is 0 Å². The van der Waals surface area contributed by atoms with Crippen molar-refractivity contribution >= 4 is 0 Å². The summed E-state index contributed by atoms with van der Waals surface area (Å²) in [6.07, 6.45) is 5.73. The first-order valence-electron chi connectivity index (χ1n) is 2.17. The number of hydrogen-bond acceptors (Lipinski definition) is 0. The molecular formula is C6H9Cl2Pd. The fourth-order valence-electron chi connectivity index (χ4n) is 0.225. The van der Waals surface area contributed by atoms with Crippen LogP contribution in [-0.4, -0.2) is 0 Å². The second-order valence-electron chi connectivity index (χ2n) is 1.24. The zero-order valence-corrected chi connectivity index (χ0v) is 8.16. The molecule has 0 aliphatic rings. The molecule has 0 aliphatic heterocycles. The number of hydrogen-bond donors (Lipinski definition) is 0. The van der Waals surface area contributed by atoms with Crippen molar-refractivity contribution in [1.29, 1.82) is 0 Å². The topological polar surface area (TPSA) is 0 Å². The Hall–Kier alpha value is 0.722. The third kappa shape index (κ3) is 17.7. The van der Waals surface area contributed by atoms with Gasteiger partial charge in [-0.25, -0.2) is 0 Å². The van der Waals surface area contributed by atoms with Crippen molar-refractivity contribution in [3.8, 4) is 0 Å². The zero-order valence-electron chi connectivity index (χ0n) is 5.09. The first-order valence-corrected chi connectivity index (χ1v) is 3.07. The van der Waals surface area contributed by atoms with Gasteiger partial charge in [-0.3, -0.25) is 0 Å². The van der Waals surface area contributed by atoms with Crippen LogP contribution in [0.1, 0.15) is 6.92 Å². The summed E-state index contributed by atoms with van der Waals surface area (Å²) in [5.41, 5.74) is 0. The first-order chi connectivity index (χ1) is 3.27. The Balaban J connectivity index is -0.000000180. The molecule has 57 valence electrons. The maximum atomic E-state index is 3.53. The summed E-state index contributed by atoms with van der Waals surface area (Å²) in [5, 5.41) is 0. The first kappa shape index (κ1) is 16.4. The molecule has 0 bridgehead atoms. The van der Waals surface area contributed by atoms with Crippen molar-refractivity contribution in [2.24, 2.45) is 0 Å². The maximum Gasteiger partial charge on any atom is -1.00 e. The summed E-state index contributed by atoms with van der Waals surface area (Å²) in [4.78, 5) is 0. The predicted octanol–water partition coefficient (Wildman–Crippen LogP) is -3.91. The molecular weight excluding hydrogens is 249 g/mol. The van der Waals surface area contributed by atoms with Gasteiger partial charge in [0.2, 0.25) is 0 Å². The number of halogens is 2. The SMILES string of the molecule is C=CC=C[CH](C)[Pd+2].[Cl-].[Cl-]. The van der Waals surface area contributed by atoms with Gasteiger partial charge in [-0.05, 0) is 0 Å². The van der Waals surface area contributed by atoms with E-state index in [1.54, 1.807) is 6.08 Å². The molecule has 0 amide bonds. The molecule has 0 aliphatic carbocycles. The minimum atomic E-state index is 0. The van der Waals surface area contributed by atoms with Crippen molar-refractivity contribution in [3.63, 3.8) is 0 Å². The van der Waals surface area contributed by atoms with E-state index in [0.717, 1.165) is 0 Å². The summed E-state index contributed by atoms with van der Waals surface area (Å²) in [7, 11) is 0. The van der Waals surface area contributed by atoms with Crippen molar-refractivity contribution < 1.29 is 44.0 Å². The van der Waals surface area contributed by atoms with Crippen LogP contribution in [0.15, 0.2) is 24.8 Å². The molecule has 0 aromatic carbocycles. The molecule has 0 N–H and O–H groups in total. The van der Waals surface area contributed by atoms with Gasteiger partial charge in [-0.2, -0.15) is 0 Å².